The lowest BCUT2D eigenvalue weighted by Gasteiger charge is -2.25. The van der Waals surface area contributed by atoms with Crippen LogP contribution in [0.3, 0.4) is 0 Å². The predicted octanol–water partition coefficient (Wildman–Crippen LogP) is 3.86. The molecule has 1 aliphatic heterocycles. The second-order valence-corrected chi connectivity index (χ2v) is 8.30. The number of carbonyl (C=O) groups excluding carboxylic acids is 2. The summed E-state index contributed by atoms with van der Waals surface area (Å²) in [5.74, 6) is 0.799. The number of unbranched alkanes of at least 4 members (excludes halogenated alkanes) is 1. The van der Waals surface area contributed by atoms with Crippen molar-refractivity contribution in [1.29, 1.82) is 0 Å². The van der Waals surface area contributed by atoms with Crippen LogP contribution in [0.1, 0.15) is 69.3 Å². The summed E-state index contributed by atoms with van der Waals surface area (Å²) in [4.78, 5) is 29.3. The highest BCUT2D eigenvalue weighted by molar-refractivity contribution is 5.97. The van der Waals surface area contributed by atoms with Gasteiger partial charge >= 0.3 is 0 Å². The van der Waals surface area contributed by atoms with Gasteiger partial charge in [-0.15, -0.1) is 0 Å². The Morgan fingerprint density at radius 2 is 1.74 bits per heavy atom. The van der Waals surface area contributed by atoms with Gasteiger partial charge in [0.05, 0.1) is 12.7 Å². The maximum atomic E-state index is 13.2. The van der Waals surface area contributed by atoms with Gasteiger partial charge in [-0.3, -0.25) is 9.59 Å². The standard InChI is InChI=1S/C22H34N2O3/c1-6-7-9-20(25)23-12-8-13-24(15-14-23)21(26)18-16-17(22(2,3)4)10-11-19(18)27-5/h10-11,16H,6-9,12-15H2,1-5H3. The number of benzene rings is 1. The van der Waals surface area contributed by atoms with Crippen LogP contribution in [-0.4, -0.2) is 54.9 Å². The molecule has 1 saturated heterocycles. The molecule has 0 spiro atoms. The molecule has 1 aromatic rings. The van der Waals surface area contributed by atoms with E-state index < -0.39 is 0 Å². The van der Waals surface area contributed by atoms with Gasteiger partial charge in [-0.1, -0.05) is 40.2 Å². The van der Waals surface area contributed by atoms with E-state index in [9.17, 15) is 9.59 Å². The summed E-state index contributed by atoms with van der Waals surface area (Å²) in [6.45, 7) is 11.1. The minimum Gasteiger partial charge on any atom is -0.496 e. The van der Waals surface area contributed by atoms with Gasteiger partial charge in [0.15, 0.2) is 0 Å². The number of rotatable bonds is 5. The van der Waals surface area contributed by atoms with E-state index >= 15 is 0 Å². The molecule has 0 bridgehead atoms. The maximum Gasteiger partial charge on any atom is 0.257 e. The second-order valence-electron chi connectivity index (χ2n) is 8.30. The quantitative estimate of drug-likeness (QED) is 0.786. The monoisotopic (exact) mass is 374 g/mol. The molecular formula is C22H34N2O3. The summed E-state index contributed by atoms with van der Waals surface area (Å²) >= 11 is 0. The Balaban J connectivity index is 2.14. The molecule has 27 heavy (non-hydrogen) atoms. The highest BCUT2D eigenvalue weighted by atomic mass is 16.5. The molecule has 5 nitrogen and oxygen atoms in total. The first-order chi connectivity index (χ1) is 12.8. The van der Waals surface area contributed by atoms with Crippen molar-refractivity contribution in [3.05, 3.63) is 29.3 Å². The SMILES string of the molecule is CCCCC(=O)N1CCCN(C(=O)c2cc(C(C)(C)C)ccc2OC)CC1. The third-order valence-electron chi connectivity index (χ3n) is 5.18. The Labute approximate surface area is 163 Å². The van der Waals surface area contributed by atoms with E-state index in [1.807, 2.05) is 28.0 Å². The van der Waals surface area contributed by atoms with E-state index in [4.69, 9.17) is 4.74 Å². The maximum absolute atomic E-state index is 13.2. The molecule has 0 radical (unpaired) electrons. The molecule has 1 heterocycles. The van der Waals surface area contributed by atoms with Crippen molar-refractivity contribution in [2.45, 2.75) is 58.8 Å². The van der Waals surface area contributed by atoms with Crippen LogP contribution < -0.4 is 4.74 Å². The molecule has 0 saturated carbocycles. The van der Waals surface area contributed by atoms with E-state index in [0.717, 1.165) is 31.4 Å². The molecule has 1 fully saturated rings. The van der Waals surface area contributed by atoms with Crippen LogP contribution in [-0.2, 0) is 10.2 Å². The molecule has 1 aromatic carbocycles. The molecule has 0 aromatic heterocycles. The van der Waals surface area contributed by atoms with E-state index in [1.54, 1.807) is 7.11 Å². The topological polar surface area (TPSA) is 49.9 Å². The molecular weight excluding hydrogens is 340 g/mol. The van der Waals surface area contributed by atoms with E-state index in [0.29, 0.717) is 37.4 Å². The summed E-state index contributed by atoms with van der Waals surface area (Å²) < 4.78 is 5.45. The number of ether oxygens (including phenoxy) is 1. The van der Waals surface area contributed by atoms with E-state index in [1.165, 1.54) is 0 Å². The zero-order chi connectivity index (χ0) is 20.0. The van der Waals surface area contributed by atoms with Crippen LogP contribution in [0.25, 0.3) is 0 Å². The smallest absolute Gasteiger partial charge is 0.257 e. The van der Waals surface area contributed by atoms with Crippen molar-refractivity contribution in [1.82, 2.24) is 9.80 Å². The van der Waals surface area contributed by atoms with Crippen LogP contribution in [0.5, 0.6) is 5.75 Å². The third kappa shape index (κ3) is 5.47. The Hall–Kier alpha value is -2.04. The normalized spacial score (nSPS) is 15.4. The fraction of sp³-hybridized carbons (Fsp3) is 0.636. The molecule has 0 N–H and O–H groups in total. The number of amides is 2. The number of nitrogens with zero attached hydrogens (tertiary/aromatic N) is 2. The van der Waals surface area contributed by atoms with Gasteiger partial charge in [0.2, 0.25) is 5.91 Å². The van der Waals surface area contributed by atoms with Crippen molar-refractivity contribution in [2.75, 3.05) is 33.3 Å². The van der Waals surface area contributed by atoms with Crippen LogP contribution in [0.2, 0.25) is 0 Å². The lowest BCUT2D eigenvalue weighted by molar-refractivity contribution is -0.131. The Morgan fingerprint density at radius 3 is 2.37 bits per heavy atom. The highest BCUT2D eigenvalue weighted by Crippen LogP contribution is 2.29. The Bertz CT molecular complexity index is 664. The van der Waals surface area contributed by atoms with E-state index in [-0.39, 0.29) is 17.2 Å². The molecule has 1 aliphatic rings. The first kappa shape index (κ1) is 21.3. The third-order valence-corrected chi connectivity index (χ3v) is 5.18. The summed E-state index contributed by atoms with van der Waals surface area (Å²) in [5.41, 5.74) is 1.68. The van der Waals surface area contributed by atoms with Crippen LogP contribution >= 0.6 is 0 Å². The largest absolute Gasteiger partial charge is 0.496 e. The van der Waals surface area contributed by atoms with Gasteiger partial charge < -0.3 is 14.5 Å². The molecule has 2 amide bonds. The van der Waals surface area contributed by atoms with Crippen molar-refractivity contribution >= 4 is 11.8 Å². The van der Waals surface area contributed by atoms with Crippen LogP contribution in [0, 0.1) is 0 Å². The van der Waals surface area contributed by atoms with Gasteiger partial charge in [0.25, 0.3) is 5.91 Å². The first-order valence-corrected chi connectivity index (χ1v) is 10.0. The lowest BCUT2D eigenvalue weighted by atomic mass is 9.86. The van der Waals surface area contributed by atoms with Gasteiger partial charge in [-0.2, -0.15) is 0 Å². The number of hydrogen-bond acceptors (Lipinski definition) is 3. The Morgan fingerprint density at radius 1 is 1.07 bits per heavy atom. The first-order valence-electron chi connectivity index (χ1n) is 10.0. The predicted molar refractivity (Wildman–Crippen MR) is 108 cm³/mol. The van der Waals surface area contributed by atoms with Gasteiger partial charge in [0, 0.05) is 32.6 Å². The highest BCUT2D eigenvalue weighted by Gasteiger charge is 2.26. The van der Waals surface area contributed by atoms with Gasteiger partial charge in [-0.05, 0) is 36.0 Å². The fourth-order valence-electron chi connectivity index (χ4n) is 3.37. The van der Waals surface area contributed by atoms with Gasteiger partial charge in [0.1, 0.15) is 5.75 Å². The summed E-state index contributed by atoms with van der Waals surface area (Å²) in [6, 6.07) is 5.86. The summed E-state index contributed by atoms with van der Waals surface area (Å²) in [6.07, 6.45) is 3.36. The van der Waals surface area contributed by atoms with Crippen molar-refractivity contribution < 1.29 is 14.3 Å². The minimum atomic E-state index is -0.0391. The number of carbonyl (C=O) groups is 2. The minimum absolute atomic E-state index is 0.0131. The van der Waals surface area contributed by atoms with Crippen LogP contribution in [0.4, 0.5) is 0 Å². The molecule has 0 atom stereocenters. The van der Waals surface area contributed by atoms with Crippen LogP contribution in [0.15, 0.2) is 18.2 Å². The van der Waals surface area contributed by atoms with Crippen molar-refractivity contribution in [3.63, 3.8) is 0 Å². The summed E-state index contributed by atoms with van der Waals surface area (Å²) in [7, 11) is 1.60. The van der Waals surface area contributed by atoms with Crippen molar-refractivity contribution in [2.24, 2.45) is 0 Å². The van der Waals surface area contributed by atoms with Gasteiger partial charge in [-0.25, -0.2) is 0 Å². The number of methoxy groups -OCH3 is 1. The fourth-order valence-corrected chi connectivity index (χ4v) is 3.37. The van der Waals surface area contributed by atoms with Crippen molar-refractivity contribution in [3.8, 4) is 5.75 Å². The molecule has 0 aliphatic carbocycles. The lowest BCUT2D eigenvalue weighted by Crippen LogP contribution is -2.37. The molecule has 2 rings (SSSR count). The zero-order valence-electron chi connectivity index (χ0n) is 17.5. The number of hydrogen-bond donors (Lipinski definition) is 0. The summed E-state index contributed by atoms with van der Waals surface area (Å²) in [5, 5.41) is 0. The average molecular weight is 375 g/mol. The molecule has 5 heteroatoms. The average Bonchev–Trinajstić information content (AvgIpc) is 2.90. The second kappa shape index (κ2) is 9.25. The molecule has 150 valence electrons. The Kier molecular flexibility index (Phi) is 7.28. The zero-order valence-corrected chi connectivity index (χ0v) is 17.5. The van der Waals surface area contributed by atoms with E-state index in [2.05, 4.69) is 27.7 Å². The molecule has 0 unspecified atom stereocenters.